The molecule has 1 aromatic heterocycles. The number of aromatic nitrogens is 1. The number of benzene rings is 3. The molecule has 0 fully saturated rings. The summed E-state index contributed by atoms with van der Waals surface area (Å²) in [6, 6.07) is 24.2. The average molecular weight is 349 g/mol. The second kappa shape index (κ2) is 5.79. The summed E-state index contributed by atoms with van der Waals surface area (Å²) in [6.45, 7) is 6.85. The maximum Gasteiger partial charge on any atom is 0.0711 e. The molecule has 132 valence electrons. The van der Waals surface area contributed by atoms with Crippen LogP contribution in [0.25, 0.3) is 44.3 Å². The largest absolute Gasteiger partial charge is 0.256 e. The van der Waals surface area contributed by atoms with Gasteiger partial charge in [0.2, 0.25) is 0 Å². The standard InChI is InChI=1S/C26H23N/c1-26(2,3)16-17-13-14-27-23(15-17)22-12-11-18-7-6-10-20-19-8-4-5-9-21(19)25(22)24(18)20/h4-15H,16H2,1-3H3. The van der Waals surface area contributed by atoms with Gasteiger partial charge < -0.3 is 0 Å². The summed E-state index contributed by atoms with van der Waals surface area (Å²) in [4.78, 5) is 4.75. The van der Waals surface area contributed by atoms with Gasteiger partial charge in [-0.2, -0.15) is 0 Å². The second-order valence-electron chi connectivity index (χ2n) is 8.72. The zero-order valence-electron chi connectivity index (χ0n) is 16.1. The minimum atomic E-state index is 0.262. The van der Waals surface area contributed by atoms with E-state index in [0.29, 0.717) is 0 Å². The van der Waals surface area contributed by atoms with Crippen molar-refractivity contribution >= 4 is 10.8 Å². The van der Waals surface area contributed by atoms with E-state index in [9.17, 15) is 0 Å². The molecule has 0 amide bonds. The third kappa shape index (κ3) is 2.66. The molecular formula is C26H23N. The molecular weight excluding hydrogens is 326 g/mol. The van der Waals surface area contributed by atoms with E-state index >= 15 is 0 Å². The molecule has 0 atom stereocenters. The quantitative estimate of drug-likeness (QED) is 0.330. The molecule has 0 bridgehead atoms. The molecule has 1 aliphatic carbocycles. The Morgan fingerprint density at radius 1 is 0.741 bits per heavy atom. The van der Waals surface area contributed by atoms with Gasteiger partial charge in [0.05, 0.1) is 5.69 Å². The number of pyridine rings is 1. The molecule has 0 saturated carbocycles. The van der Waals surface area contributed by atoms with Gasteiger partial charge in [-0.15, -0.1) is 0 Å². The summed E-state index contributed by atoms with van der Waals surface area (Å²) >= 11 is 0. The van der Waals surface area contributed by atoms with Gasteiger partial charge >= 0.3 is 0 Å². The van der Waals surface area contributed by atoms with Crippen LogP contribution in [0, 0.1) is 5.41 Å². The highest BCUT2D eigenvalue weighted by Crippen LogP contribution is 2.50. The van der Waals surface area contributed by atoms with Crippen LogP contribution in [0.4, 0.5) is 0 Å². The predicted octanol–water partition coefficient (Wildman–Crippen LogP) is 7.14. The Kier molecular flexibility index (Phi) is 3.48. The van der Waals surface area contributed by atoms with Crippen LogP contribution in [0.15, 0.2) is 72.9 Å². The lowest BCUT2D eigenvalue weighted by molar-refractivity contribution is 0.411. The van der Waals surface area contributed by atoms with Gasteiger partial charge in [-0.25, -0.2) is 0 Å². The Morgan fingerprint density at radius 2 is 1.52 bits per heavy atom. The normalized spacial score (nSPS) is 12.4. The van der Waals surface area contributed by atoms with Crippen molar-refractivity contribution in [2.75, 3.05) is 0 Å². The second-order valence-corrected chi connectivity index (χ2v) is 8.72. The topological polar surface area (TPSA) is 12.9 Å². The van der Waals surface area contributed by atoms with Crippen LogP contribution >= 0.6 is 0 Å². The van der Waals surface area contributed by atoms with Crippen LogP contribution in [0.2, 0.25) is 0 Å². The number of nitrogens with zero attached hydrogens (tertiary/aromatic N) is 1. The molecule has 27 heavy (non-hydrogen) atoms. The van der Waals surface area contributed by atoms with Crippen LogP contribution < -0.4 is 0 Å². The van der Waals surface area contributed by atoms with E-state index in [2.05, 4.69) is 87.5 Å². The minimum absolute atomic E-state index is 0.262. The monoisotopic (exact) mass is 349 g/mol. The molecule has 0 unspecified atom stereocenters. The van der Waals surface area contributed by atoms with Gasteiger partial charge in [0.25, 0.3) is 0 Å². The molecule has 3 aromatic carbocycles. The van der Waals surface area contributed by atoms with E-state index in [1.807, 2.05) is 6.20 Å². The predicted molar refractivity (Wildman–Crippen MR) is 115 cm³/mol. The van der Waals surface area contributed by atoms with Gasteiger partial charge in [-0.3, -0.25) is 4.98 Å². The number of rotatable bonds is 2. The Labute approximate surface area is 160 Å². The molecule has 0 spiro atoms. The first-order valence-electron chi connectivity index (χ1n) is 9.62. The van der Waals surface area contributed by atoms with Gasteiger partial charge in [-0.05, 0) is 57.0 Å². The van der Waals surface area contributed by atoms with Crippen molar-refractivity contribution < 1.29 is 0 Å². The van der Waals surface area contributed by atoms with E-state index in [1.165, 1.54) is 44.2 Å². The summed E-state index contributed by atoms with van der Waals surface area (Å²) in [5.74, 6) is 0. The average Bonchev–Trinajstić information content (AvgIpc) is 2.98. The van der Waals surface area contributed by atoms with Crippen LogP contribution in [0.1, 0.15) is 26.3 Å². The van der Waals surface area contributed by atoms with Crippen molar-refractivity contribution in [3.63, 3.8) is 0 Å². The SMILES string of the molecule is CC(C)(C)Cc1ccnc(-c2ccc3cccc4c3c2-c2ccccc2-4)c1. The van der Waals surface area contributed by atoms with E-state index in [1.54, 1.807) is 0 Å². The maximum atomic E-state index is 4.75. The summed E-state index contributed by atoms with van der Waals surface area (Å²) in [5, 5.41) is 2.66. The third-order valence-corrected chi connectivity index (χ3v) is 5.37. The molecule has 1 nitrogen and oxygen atoms in total. The molecule has 5 rings (SSSR count). The van der Waals surface area contributed by atoms with Gasteiger partial charge in [-0.1, -0.05) is 75.4 Å². The molecule has 4 aromatic rings. The fourth-order valence-corrected chi connectivity index (χ4v) is 4.38. The van der Waals surface area contributed by atoms with E-state index in [4.69, 9.17) is 4.98 Å². The van der Waals surface area contributed by atoms with Crippen molar-refractivity contribution in [3.8, 4) is 33.5 Å². The molecule has 0 aliphatic heterocycles. The molecule has 0 saturated heterocycles. The van der Waals surface area contributed by atoms with Crippen LogP contribution in [0.5, 0.6) is 0 Å². The molecule has 0 radical (unpaired) electrons. The maximum absolute atomic E-state index is 4.75. The van der Waals surface area contributed by atoms with Crippen LogP contribution in [0.3, 0.4) is 0 Å². The summed E-state index contributed by atoms with van der Waals surface area (Å²) < 4.78 is 0. The van der Waals surface area contributed by atoms with Crippen LogP contribution in [-0.2, 0) is 6.42 Å². The van der Waals surface area contributed by atoms with E-state index in [-0.39, 0.29) is 5.41 Å². The highest BCUT2D eigenvalue weighted by atomic mass is 14.7. The van der Waals surface area contributed by atoms with E-state index in [0.717, 1.165) is 12.1 Å². The summed E-state index contributed by atoms with van der Waals surface area (Å²) in [6.07, 6.45) is 3.01. The summed E-state index contributed by atoms with van der Waals surface area (Å²) in [7, 11) is 0. The fourth-order valence-electron chi connectivity index (χ4n) is 4.38. The van der Waals surface area contributed by atoms with Crippen molar-refractivity contribution in [2.24, 2.45) is 5.41 Å². The van der Waals surface area contributed by atoms with Gasteiger partial charge in [0.1, 0.15) is 0 Å². The Hall–Kier alpha value is -2.93. The van der Waals surface area contributed by atoms with Gasteiger partial charge in [0.15, 0.2) is 0 Å². The van der Waals surface area contributed by atoms with Crippen molar-refractivity contribution in [1.82, 2.24) is 4.98 Å². The lowest BCUT2D eigenvalue weighted by Crippen LogP contribution is -2.09. The third-order valence-electron chi connectivity index (χ3n) is 5.37. The lowest BCUT2D eigenvalue weighted by Gasteiger charge is -2.18. The molecule has 0 N–H and O–H groups in total. The number of fused-ring (bicyclic) bond motifs is 3. The lowest BCUT2D eigenvalue weighted by atomic mass is 9.87. The molecule has 1 aliphatic rings. The zero-order valence-corrected chi connectivity index (χ0v) is 16.1. The Morgan fingerprint density at radius 3 is 2.33 bits per heavy atom. The van der Waals surface area contributed by atoms with Crippen molar-refractivity contribution in [1.29, 1.82) is 0 Å². The summed E-state index contributed by atoms with van der Waals surface area (Å²) in [5.41, 5.74) is 9.23. The zero-order chi connectivity index (χ0) is 18.6. The molecule has 1 heterocycles. The first-order chi connectivity index (χ1) is 13.0. The van der Waals surface area contributed by atoms with Crippen molar-refractivity contribution in [2.45, 2.75) is 27.2 Å². The first kappa shape index (κ1) is 16.3. The first-order valence-corrected chi connectivity index (χ1v) is 9.62. The smallest absolute Gasteiger partial charge is 0.0711 e. The number of hydrogen-bond donors (Lipinski definition) is 0. The fraction of sp³-hybridized carbons (Fsp3) is 0.192. The Bertz CT molecular complexity index is 1180. The number of hydrogen-bond acceptors (Lipinski definition) is 1. The van der Waals surface area contributed by atoms with E-state index < -0.39 is 0 Å². The highest BCUT2D eigenvalue weighted by Gasteiger charge is 2.24. The molecule has 1 heteroatoms. The Balaban J connectivity index is 1.77. The van der Waals surface area contributed by atoms with Crippen LogP contribution in [-0.4, -0.2) is 4.98 Å². The van der Waals surface area contributed by atoms with Gasteiger partial charge in [0, 0.05) is 17.3 Å². The minimum Gasteiger partial charge on any atom is -0.256 e. The highest BCUT2D eigenvalue weighted by molar-refractivity contribution is 6.18. The van der Waals surface area contributed by atoms with Crippen molar-refractivity contribution in [3.05, 3.63) is 78.5 Å².